The van der Waals surface area contributed by atoms with Gasteiger partial charge in [-0.1, -0.05) is 19.4 Å². The number of hydrogen-bond acceptors (Lipinski definition) is 2. The average molecular weight is 247 g/mol. The van der Waals surface area contributed by atoms with Crippen LogP contribution >= 0.6 is 0 Å². The van der Waals surface area contributed by atoms with Crippen LogP contribution in [0, 0.1) is 18.8 Å². The second-order valence-corrected chi connectivity index (χ2v) is 5.19. The molecule has 0 radical (unpaired) electrons. The Morgan fingerprint density at radius 1 is 1.39 bits per heavy atom. The predicted octanol–water partition coefficient (Wildman–Crippen LogP) is 3.38. The first kappa shape index (κ1) is 12.9. The van der Waals surface area contributed by atoms with Crippen LogP contribution in [0.15, 0.2) is 18.2 Å². The fraction of sp³-hybridized carbons (Fsp3) is 0.533. The van der Waals surface area contributed by atoms with E-state index < -0.39 is 0 Å². The lowest BCUT2D eigenvalue weighted by molar-refractivity contribution is -0.120. The van der Waals surface area contributed by atoms with Crippen molar-refractivity contribution in [1.82, 2.24) is 0 Å². The number of methoxy groups -OCH3 is 1. The van der Waals surface area contributed by atoms with Crippen LogP contribution in [0.5, 0.6) is 5.75 Å². The second-order valence-electron chi connectivity index (χ2n) is 5.19. The Labute approximate surface area is 109 Å². The van der Waals surface area contributed by atoms with Crippen LogP contribution < -0.4 is 10.1 Å². The highest BCUT2D eigenvalue weighted by Gasteiger charge is 2.29. The molecule has 2 unspecified atom stereocenters. The van der Waals surface area contributed by atoms with Gasteiger partial charge in [0.25, 0.3) is 0 Å². The molecule has 1 fully saturated rings. The number of hydrogen-bond donors (Lipinski definition) is 1. The molecule has 0 heterocycles. The molecule has 2 atom stereocenters. The number of benzene rings is 1. The lowest BCUT2D eigenvalue weighted by Gasteiger charge is -2.16. The lowest BCUT2D eigenvalue weighted by atomic mass is 9.97. The Bertz CT molecular complexity index is 442. The largest absolute Gasteiger partial charge is 0.496 e. The molecule has 1 aromatic carbocycles. The zero-order valence-corrected chi connectivity index (χ0v) is 11.3. The van der Waals surface area contributed by atoms with Crippen molar-refractivity contribution < 1.29 is 9.53 Å². The van der Waals surface area contributed by atoms with Crippen molar-refractivity contribution in [1.29, 1.82) is 0 Å². The fourth-order valence-corrected chi connectivity index (χ4v) is 2.67. The van der Waals surface area contributed by atoms with E-state index in [9.17, 15) is 4.79 Å². The summed E-state index contributed by atoms with van der Waals surface area (Å²) in [6, 6.07) is 5.77. The number of aryl methyl sites for hydroxylation is 1. The van der Waals surface area contributed by atoms with Gasteiger partial charge < -0.3 is 10.1 Å². The number of amides is 1. The first-order valence-corrected chi connectivity index (χ1v) is 6.57. The summed E-state index contributed by atoms with van der Waals surface area (Å²) in [6.07, 6.45) is 3.34. The molecule has 3 nitrogen and oxygen atoms in total. The van der Waals surface area contributed by atoms with Crippen LogP contribution in [0.4, 0.5) is 5.69 Å². The molecule has 98 valence electrons. The van der Waals surface area contributed by atoms with Gasteiger partial charge in [0.15, 0.2) is 0 Å². The molecule has 1 N–H and O–H groups in total. The summed E-state index contributed by atoms with van der Waals surface area (Å²) < 4.78 is 5.26. The number of carbonyl (C=O) groups is 1. The smallest absolute Gasteiger partial charge is 0.227 e. The fourth-order valence-electron chi connectivity index (χ4n) is 2.67. The van der Waals surface area contributed by atoms with E-state index in [0.29, 0.717) is 5.92 Å². The van der Waals surface area contributed by atoms with Crippen LogP contribution in [0.25, 0.3) is 0 Å². The predicted molar refractivity (Wildman–Crippen MR) is 72.9 cm³/mol. The topological polar surface area (TPSA) is 38.3 Å². The summed E-state index contributed by atoms with van der Waals surface area (Å²) in [5, 5.41) is 3.00. The molecule has 18 heavy (non-hydrogen) atoms. The van der Waals surface area contributed by atoms with Crippen molar-refractivity contribution in [3.8, 4) is 5.75 Å². The van der Waals surface area contributed by atoms with Crippen molar-refractivity contribution in [2.45, 2.75) is 33.1 Å². The van der Waals surface area contributed by atoms with Gasteiger partial charge in [0.1, 0.15) is 5.75 Å². The molecular formula is C15H21NO2. The van der Waals surface area contributed by atoms with E-state index in [1.807, 2.05) is 25.1 Å². The van der Waals surface area contributed by atoms with Gasteiger partial charge in [-0.15, -0.1) is 0 Å². The van der Waals surface area contributed by atoms with Gasteiger partial charge in [-0.3, -0.25) is 4.79 Å². The minimum atomic E-state index is 0.144. The molecule has 1 amide bonds. The van der Waals surface area contributed by atoms with E-state index in [0.717, 1.165) is 36.3 Å². The van der Waals surface area contributed by atoms with Gasteiger partial charge in [0.05, 0.1) is 7.11 Å². The minimum Gasteiger partial charge on any atom is -0.496 e. The first-order valence-electron chi connectivity index (χ1n) is 6.57. The molecule has 1 aliphatic carbocycles. The lowest BCUT2D eigenvalue weighted by Crippen LogP contribution is -2.24. The summed E-state index contributed by atoms with van der Waals surface area (Å²) in [5.41, 5.74) is 1.89. The van der Waals surface area contributed by atoms with Crippen LogP contribution in [-0.4, -0.2) is 13.0 Å². The van der Waals surface area contributed by atoms with Crippen molar-refractivity contribution in [2.24, 2.45) is 11.8 Å². The first-order chi connectivity index (χ1) is 8.61. The number of nitrogens with one attached hydrogen (secondary N) is 1. The van der Waals surface area contributed by atoms with Crippen LogP contribution in [-0.2, 0) is 4.79 Å². The molecule has 3 heteroatoms. The van der Waals surface area contributed by atoms with E-state index in [1.165, 1.54) is 0 Å². The van der Waals surface area contributed by atoms with Crippen molar-refractivity contribution in [2.75, 3.05) is 12.4 Å². The molecule has 0 bridgehead atoms. The van der Waals surface area contributed by atoms with Gasteiger partial charge in [0, 0.05) is 17.7 Å². The molecule has 0 aliphatic heterocycles. The monoisotopic (exact) mass is 247 g/mol. The van der Waals surface area contributed by atoms with Crippen LogP contribution in [0.2, 0.25) is 0 Å². The normalized spacial score (nSPS) is 22.8. The number of ether oxygens (including phenoxy) is 1. The Kier molecular flexibility index (Phi) is 3.90. The Balaban J connectivity index is 2.07. The van der Waals surface area contributed by atoms with Crippen molar-refractivity contribution >= 4 is 11.6 Å². The molecule has 0 saturated heterocycles. The summed E-state index contributed by atoms with van der Waals surface area (Å²) in [5.74, 6) is 1.62. The van der Waals surface area contributed by atoms with E-state index >= 15 is 0 Å². The van der Waals surface area contributed by atoms with Crippen LogP contribution in [0.3, 0.4) is 0 Å². The SMILES string of the molecule is COc1cc(NC(=O)C2CCCC2C)ccc1C. The Hall–Kier alpha value is -1.51. The van der Waals surface area contributed by atoms with E-state index in [4.69, 9.17) is 4.74 Å². The number of rotatable bonds is 3. The maximum absolute atomic E-state index is 12.2. The van der Waals surface area contributed by atoms with Crippen LogP contribution in [0.1, 0.15) is 31.7 Å². The van der Waals surface area contributed by atoms with Crippen molar-refractivity contribution in [3.63, 3.8) is 0 Å². The minimum absolute atomic E-state index is 0.144. The van der Waals surface area contributed by atoms with Gasteiger partial charge in [-0.2, -0.15) is 0 Å². The second kappa shape index (κ2) is 5.42. The summed E-state index contributed by atoms with van der Waals surface area (Å²) >= 11 is 0. The number of carbonyl (C=O) groups excluding carboxylic acids is 1. The zero-order chi connectivity index (χ0) is 13.1. The molecule has 0 aromatic heterocycles. The van der Waals surface area contributed by atoms with E-state index in [-0.39, 0.29) is 11.8 Å². The maximum Gasteiger partial charge on any atom is 0.227 e. The summed E-state index contributed by atoms with van der Waals surface area (Å²) in [6.45, 7) is 4.15. The van der Waals surface area contributed by atoms with E-state index in [2.05, 4.69) is 12.2 Å². The Morgan fingerprint density at radius 2 is 2.17 bits per heavy atom. The Morgan fingerprint density at radius 3 is 2.78 bits per heavy atom. The molecular weight excluding hydrogens is 226 g/mol. The highest BCUT2D eigenvalue weighted by atomic mass is 16.5. The van der Waals surface area contributed by atoms with Gasteiger partial charge in [-0.05, 0) is 37.3 Å². The maximum atomic E-state index is 12.2. The summed E-state index contributed by atoms with van der Waals surface area (Å²) in [4.78, 5) is 12.2. The standard InChI is InChI=1S/C15H21NO2/c1-10-5-4-6-13(10)15(17)16-12-8-7-11(2)14(9-12)18-3/h7-10,13H,4-6H2,1-3H3,(H,16,17). The van der Waals surface area contributed by atoms with Gasteiger partial charge in [-0.25, -0.2) is 0 Å². The third-order valence-corrected chi connectivity index (χ3v) is 3.87. The van der Waals surface area contributed by atoms with Crippen molar-refractivity contribution in [3.05, 3.63) is 23.8 Å². The van der Waals surface area contributed by atoms with E-state index in [1.54, 1.807) is 7.11 Å². The quantitative estimate of drug-likeness (QED) is 0.889. The molecule has 1 aromatic rings. The zero-order valence-electron chi connectivity index (χ0n) is 11.3. The molecule has 0 spiro atoms. The van der Waals surface area contributed by atoms with Gasteiger partial charge >= 0.3 is 0 Å². The van der Waals surface area contributed by atoms with Gasteiger partial charge in [0.2, 0.25) is 5.91 Å². The highest BCUT2D eigenvalue weighted by Crippen LogP contribution is 2.32. The summed E-state index contributed by atoms with van der Waals surface area (Å²) in [7, 11) is 1.65. The third kappa shape index (κ3) is 2.66. The molecule has 1 aliphatic rings. The highest BCUT2D eigenvalue weighted by molar-refractivity contribution is 5.93. The molecule has 1 saturated carbocycles. The third-order valence-electron chi connectivity index (χ3n) is 3.87. The molecule has 2 rings (SSSR count). The average Bonchev–Trinajstić information content (AvgIpc) is 2.78. The number of anilines is 1.